The number of halogens is 1. The molecule has 0 aliphatic heterocycles. The Morgan fingerprint density at radius 3 is 2.62 bits per heavy atom. The summed E-state index contributed by atoms with van der Waals surface area (Å²) in [4.78, 5) is 0. The van der Waals surface area contributed by atoms with Gasteiger partial charge in [-0.2, -0.15) is 4.52 Å². The summed E-state index contributed by atoms with van der Waals surface area (Å²) in [5, 5.41) is 26.1. The van der Waals surface area contributed by atoms with E-state index in [1.54, 1.807) is 47.0 Å². The van der Waals surface area contributed by atoms with E-state index >= 15 is 0 Å². The molecule has 0 amide bonds. The summed E-state index contributed by atoms with van der Waals surface area (Å²) in [5.41, 5.74) is 8.52. The van der Waals surface area contributed by atoms with Crippen molar-refractivity contribution in [3.05, 3.63) is 77.1 Å². The Hall–Kier alpha value is -3.16. The summed E-state index contributed by atoms with van der Waals surface area (Å²) >= 11 is 6.01. The zero-order valence-electron chi connectivity index (χ0n) is 13.5. The topological polar surface area (TPSA) is 101 Å². The van der Waals surface area contributed by atoms with Crippen molar-refractivity contribution in [3.63, 3.8) is 0 Å². The fourth-order valence-corrected chi connectivity index (χ4v) is 2.80. The number of aromatic nitrogens is 4. The summed E-state index contributed by atoms with van der Waals surface area (Å²) in [6, 6.07) is 17.1. The number of phenols is 1. The number of aromatic hydroxyl groups is 1. The highest BCUT2D eigenvalue weighted by atomic mass is 35.5. The van der Waals surface area contributed by atoms with Gasteiger partial charge in [-0.15, -0.1) is 15.3 Å². The van der Waals surface area contributed by atoms with Crippen molar-refractivity contribution in [2.75, 3.05) is 5.32 Å². The van der Waals surface area contributed by atoms with E-state index in [1.165, 1.54) is 0 Å². The second-order valence-electron chi connectivity index (χ2n) is 5.75. The van der Waals surface area contributed by atoms with E-state index in [1.807, 2.05) is 18.2 Å². The van der Waals surface area contributed by atoms with Crippen LogP contribution >= 0.6 is 11.6 Å². The van der Waals surface area contributed by atoms with E-state index in [2.05, 4.69) is 20.6 Å². The summed E-state index contributed by atoms with van der Waals surface area (Å²) in [6.45, 7) is 0. The number of nitrogens with one attached hydrogen (secondary N) is 1. The van der Waals surface area contributed by atoms with E-state index in [4.69, 9.17) is 17.3 Å². The SMILES string of the molecule is NC(c1ccc(O)cc1)c1nnc2ccc(Nc3cccc(Cl)c3)nn12. The largest absolute Gasteiger partial charge is 0.508 e. The highest BCUT2D eigenvalue weighted by Gasteiger charge is 2.17. The molecule has 0 fully saturated rings. The smallest absolute Gasteiger partial charge is 0.178 e. The number of nitrogens with two attached hydrogens (primary N) is 1. The van der Waals surface area contributed by atoms with Gasteiger partial charge in [0.05, 0.1) is 6.04 Å². The molecule has 2 heterocycles. The maximum absolute atomic E-state index is 9.43. The number of hydrogen-bond donors (Lipinski definition) is 3. The zero-order valence-corrected chi connectivity index (χ0v) is 14.3. The third-order valence-electron chi connectivity index (χ3n) is 3.91. The Kier molecular flexibility index (Phi) is 4.16. The average molecular weight is 367 g/mol. The van der Waals surface area contributed by atoms with E-state index in [9.17, 15) is 5.11 Å². The minimum atomic E-state index is -0.528. The number of anilines is 2. The predicted molar refractivity (Wildman–Crippen MR) is 99.7 cm³/mol. The van der Waals surface area contributed by atoms with Crippen LogP contribution in [0.4, 0.5) is 11.5 Å². The minimum absolute atomic E-state index is 0.179. The lowest BCUT2D eigenvalue weighted by Gasteiger charge is -2.11. The molecule has 0 aliphatic rings. The number of fused-ring (bicyclic) bond motifs is 1. The van der Waals surface area contributed by atoms with Crippen molar-refractivity contribution in [1.82, 2.24) is 19.8 Å². The molecular formula is C18H15ClN6O. The van der Waals surface area contributed by atoms with Crippen molar-refractivity contribution >= 4 is 28.8 Å². The fraction of sp³-hybridized carbons (Fsp3) is 0.0556. The second kappa shape index (κ2) is 6.62. The van der Waals surface area contributed by atoms with Crippen LogP contribution in [0.25, 0.3) is 5.65 Å². The van der Waals surface area contributed by atoms with Crippen molar-refractivity contribution in [3.8, 4) is 5.75 Å². The summed E-state index contributed by atoms with van der Waals surface area (Å²) < 4.78 is 1.60. The second-order valence-corrected chi connectivity index (χ2v) is 6.19. The lowest BCUT2D eigenvalue weighted by atomic mass is 10.1. The molecule has 4 N–H and O–H groups in total. The van der Waals surface area contributed by atoms with Gasteiger partial charge in [0.1, 0.15) is 5.75 Å². The lowest BCUT2D eigenvalue weighted by molar-refractivity contribution is 0.475. The molecule has 26 heavy (non-hydrogen) atoms. The van der Waals surface area contributed by atoms with Crippen LogP contribution in [-0.4, -0.2) is 24.9 Å². The van der Waals surface area contributed by atoms with Gasteiger partial charge in [-0.25, -0.2) is 0 Å². The minimum Gasteiger partial charge on any atom is -0.508 e. The first kappa shape index (κ1) is 16.3. The average Bonchev–Trinajstić information content (AvgIpc) is 3.05. The van der Waals surface area contributed by atoms with Crippen molar-refractivity contribution in [2.45, 2.75) is 6.04 Å². The predicted octanol–water partition coefficient (Wildman–Crippen LogP) is 3.28. The van der Waals surface area contributed by atoms with Crippen LogP contribution in [0.1, 0.15) is 17.4 Å². The molecule has 2 aromatic heterocycles. The first-order valence-corrected chi connectivity index (χ1v) is 8.27. The highest BCUT2D eigenvalue weighted by molar-refractivity contribution is 6.30. The number of hydrogen-bond acceptors (Lipinski definition) is 6. The van der Waals surface area contributed by atoms with Gasteiger partial charge >= 0.3 is 0 Å². The number of nitrogens with zero attached hydrogens (tertiary/aromatic N) is 4. The molecule has 8 heteroatoms. The van der Waals surface area contributed by atoms with Gasteiger partial charge in [0, 0.05) is 10.7 Å². The van der Waals surface area contributed by atoms with Crippen LogP contribution in [-0.2, 0) is 0 Å². The van der Waals surface area contributed by atoms with Gasteiger partial charge in [0.15, 0.2) is 17.3 Å². The summed E-state index contributed by atoms with van der Waals surface area (Å²) in [6.07, 6.45) is 0. The standard InChI is InChI=1S/C18H15ClN6O/c19-12-2-1-3-13(10-12)21-15-8-9-16-22-23-18(25(16)24-15)17(20)11-4-6-14(26)7-5-11/h1-10,17,26H,20H2,(H,21,24). The molecule has 4 aromatic rings. The molecule has 2 aromatic carbocycles. The van der Waals surface area contributed by atoms with E-state index < -0.39 is 6.04 Å². The molecule has 7 nitrogen and oxygen atoms in total. The molecule has 0 saturated heterocycles. The van der Waals surface area contributed by atoms with Crippen LogP contribution in [0, 0.1) is 0 Å². The van der Waals surface area contributed by atoms with Crippen LogP contribution in [0.15, 0.2) is 60.7 Å². The van der Waals surface area contributed by atoms with E-state index in [-0.39, 0.29) is 5.75 Å². The van der Waals surface area contributed by atoms with Crippen LogP contribution < -0.4 is 11.1 Å². The molecule has 1 atom stereocenters. The van der Waals surface area contributed by atoms with E-state index in [0.717, 1.165) is 11.3 Å². The van der Waals surface area contributed by atoms with Crippen molar-refractivity contribution < 1.29 is 5.11 Å². The van der Waals surface area contributed by atoms with Gasteiger partial charge in [0.2, 0.25) is 0 Å². The molecular weight excluding hydrogens is 352 g/mol. The number of benzene rings is 2. The van der Waals surface area contributed by atoms with Gasteiger partial charge < -0.3 is 16.2 Å². The third-order valence-corrected chi connectivity index (χ3v) is 4.15. The number of phenolic OH excluding ortho intramolecular Hbond substituents is 1. The van der Waals surface area contributed by atoms with Crippen LogP contribution in [0.2, 0.25) is 5.02 Å². The Labute approximate surface area is 154 Å². The molecule has 0 aliphatic carbocycles. The molecule has 4 rings (SSSR count). The highest BCUT2D eigenvalue weighted by Crippen LogP contribution is 2.22. The van der Waals surface area contributed by atoms with Crippen LogP contribution in [0.3, 0.4) is 0 Å². The summed E-state index contributed by atoms with van der Waals surface area (Å²) in [5.74, 6) is 1.29. The first-order chi connectivity index (χ1) is 12.6. The third kappa shape index (κ3) is 3.17. The zero-order chi connectivity index (χ0) is 18.1. The molecule has 130 valence electrons. The van der Waals surface area contributed by atoms with Gasteiger partial charge in [-0.05, 0) is 48.0 Å². The van der Waals surface area contributed by atoms with E-state index in [0.29, 0.717) is 22.3 Å². The lowest BCUT2D eigenvalue weighted by Crippen LogP contribution is -2.16. The van der Waals surface area contributed by atoms with Gasteiger partial charge in [0.25, 0.3) is 0 Å². The molecule has 0 saturated carbocycles. The molecule has 0 bridgehead atoms. The first-order valence-electron chi connectivity index (χ1n) is 7.89. The molecule has 0 radical (unpaired) electrons. The Bertz CT molecular complexity index is 1060. The quantitative estimate of drug-likeness (QED) is 0.512. The molecule has 1 unspecified atom stereocenters. The Morgan fingerprint density at radius 2 is 1.85 bits per heavy atom. The Balaban J connectivity index is 1.69. The van der Waals surface area contributed by atoms with Crippen molar-refractivity contribution in [1.29, 1.82) is 0 Å². The maximum Gasteiger partial charge on any atom is 0.178 e. The molecule has 0 spiro atoms. The van der Waals surface area contributed by atoms with Gasteiger partial charge in [-0.3, -0.25) is 0 Å². The monoisotopic (exact) mass is 366 g/mol. The summed E-state index contributed by atoms with van der Waals surface area (Å²) in [7, 11) is 0. The van der Waals surface area contributed by atoms with Crippen LogP contribution in [0.5, 0.6) is 5.75 Å². The number of rotatable bonds is 4. The van der Waals surface area contributed by atoms with Gasteiger partial charge in [-0.1, -0.05) is 29.8 Å². The Morgan fingerprint density at radius 1 is 1.04 bits per heavy atom. The fourth-order valence-electron chi connectivity index (χ4n) is 2.61. The van der Waals surface area contributed by atoms with Crippen molar-refractivity contribution in [2.24, 2.45) is 5.73 Å². The maximum atomic E-state index is 9.43. The normalized spacial score (nSPS) is 12.2.